The second kappa shape index (κ2) is 5.11. The number of rotatable bonds is 5. The van der Waals surface area contributed by atoms with Crippen LogP contribution in [0.2, 0.25) is 0 Å². The SMILES string of the molecule is CCCC[C@H]1CC[C@H]2CC[C@H](CC=O)N21. The van der Waals surface area contributed by atoms with Gasteiger partial charge in [-0.05, 0) is 32.1 Å². The van der Waals surface area contributed by atoms with Gasteiger partial charge in [0.05, 0.1) is 0 Å². The molecule has 15 heavy (non-hydrogen) atoms. The van der Waals surface area contributed by atoms with Crippen LogP contribution in [0, 0.1) is 0 Å². The predicted octanol–water partition coefficient (Wildman–Crippen LogP) is 2.76. The van der Waals surface area contributed by atoms with Gasteiger partial charge in [-0.25, -0.2) is 0 Å². The Labute approximate surface area is 93.0 Å². The first-order valence-corrected chi connectivity index (χ1v) is 6.58. The zero-order chi connectivity index (χ0) is 10.7. The van der Waals surface area contributed by atoms with Gasteiger partial charge in [0.2, 0.25) is 0 Å². The number of hydrogen-bond acceptors (Lipinski definition) is 2. The fraction of sp³-hybridized carbons (Fsp3) is 0.923. The van der Waals surface area contributed by atoms with E-state index < -0.39 is 0 Å². The maximum absolute atomic E-state index is 10.6. The number of hydrogen-bond donors (Lipinski definition) is 0. The quantitative estimate of drug-likeness (QED) is 0.649. The summed E-state index contributed by atoms with van der Waals surface area (Å²) in [5, 5.41) is 0. The fourth-order valence-electron chi connectivity index (χ4n) is 3.49. The maximum atomic E-state index is 10.6. The third kappa shape index (κ3) is 2.25. The normalized spacial score (nSPS) is 35.7. The lowest BCUT2D eigenvalue weighted by Gasteiger charge is -2.29. The van der Waals surface area contributed by atoms with Crippen LogP contribution >= 0.6 is 0 Å². The number of unbranched alkanes of at least 4 members (excludes halogenated alkanes) is 1. The molecule has 0 spiro atoms. The van der Waals surface area contributed by atoms with E-state index >= 15 is 0 Å². The first-order valence-electron chi connectivity index (χ1n) is 6.58. The van der Waals surface area contributed by atoms with E-state index in [1.54, 1.807) is 0 Å². The topological polar surface area (TPSA) is 20.3 Å². The first kappa shape index (κ1) is 11.1. The molecule has 0 radical (unpaired) electrons. The highest BCUT2D eigenvalue weighted by molar-refractivity contribution is 5.50. The van der Waals surface area contributed by atoms with E-state index in [9.17, 15) is 4.79 Å². The van der Waals surface area contributed by atoms with Gasteiger partial charge >= 0.3 is 0 Å². The third-order valence-electron chi connectivity index (χ3n) is 4.19. The summed E-state index contributed by atoms with van der Waals surface area (Å²) in [5.74, 6) is 0. The average molecular weight is 209 g/mol. The van der Waals surface area contributed by atoms with E-state index in [2.05, 4.69) is 11.8 Å². The molecule has 2 rings (SSSR count). The molecule has 0 aromatic rings. The van der Waals surface area contributed by atoms with Crippen molar-refractivity contribution in [2.75, 3.05) is 0 Å². The largest absolute Gasteiger partial charge is 0.303 e. The summed E-state index contributed by atoms with van der Waals surface area (Å²) in [6.45, 7) is 2.26. The molecule has 86 valence electrons. The monoisotopic (exact) mass is 209 g/mol. The Kier molecular flexibility index (Phi) is 3.79. The van der Waals surface area contributed by atoms with Crippen molar-refractivity contribution >= 4 is 6.29 Å². The van der Waals surface area contributed by atoms with Crippen LogP contribution in [0.4, 0.5) is 0 Å². The van der Waals surface area contributed by atoms with Crippen molar-refractivity contribution in [1.82, 2.24) is 4.90 Å². The van der Waals surface area contributed by atoms with Gasteiger partial charge in [0.15, 0.2) is 0 Å². The van der Waals surface area contributed by atoms with Crippen molar-refractivity contribution in [3.8, 4) is 0 Å². The Morgan fingerprint density at radius 2 is 1.93 bits per heavy atom. The molecule has 0 N–H and O–H groups in total. The Morgan fingerprint density at radius 3 is 2.60 bits per heavy atom. The molecule has 2 heterocycles. The zero-order valence-corrected chi connectivity index (χ0v) is 9.82. The minimum absolute atomic E-state index is 0.580. The van der Waals surface area contributed by atoms with Gasteiger partial charge in [-0.2, -0.15) is 0 Å². The lowest BCUT2D eigenvalue weighted by molar-refractivity contribution is -0.108. The number of fused-ring (bicyclic) bond motifs is 1. The average Bonchev–Trinajstić information content (AvgIpc) is 2.79. The van der Waals surface area contributed by atoms with Crippen LogP contribution in [0.5, 0.6) is 0 Å². The highest BCUT2D eigenvalue weighted by Gasteiger charge is 2.41. The van der Waals surface area contributed by atoms with Crippen molar-refractivity contribution in [2.45, 2.75) is 76.4 Å². The molecule has 2 aliphatic rings. The van der Waals surface area contributed by atoms with Gasteiger partial charge in [-0.3, -0.25) is 4.90 Å². The summed E-state index contributed by atoms with van der Waals surface area (Å²) in [4.78, 5) is 13.3. The van der Waals surface area contributed by atoms with Crippen molar-refractivity contribution < 1.29 is 4.79 Å². The summed E-state index contributed by atoms with van der Waals surface area (Å²) >= 11 is 0. The van der Waals surface area contributed by atoms with Gasteiger partial charge in [0, 0.05) is 24.5 Å². The van der Waals surface area contributed by atoms with Crippen LogP contribution < -0.4 is 0 Å². The van der Waals surface area contributed by atoms with Gasteiger partial charge in [-0.15, -0.1) is 0 Å². The molecule has 2 nitrogen and oxygen atoms in total. The standard InChI is InChI=1S/C13H23NO/c1-2-3-4-11-5-6-12-7-8-13(9-10-15)14(11)12/h10-13H,2-9H2,1H3/t11-,12-,13+/m0/s1. The molecule has 2 aliphatic heterocycles. The molecule has 0 aliphatic carbocycles. The van der Waals surface area contributed by atoms with Crippen molar-refractivity contribution in [1.29, 1.82) is 0 Å². The van der Waals surface area contributed by atoms with Crippen molar-refractivity contribution in [2.24, 2.45) is 0 Å². The predicted molar refractivity (Wildman–Crippen MR) is 61.9 cm³/mol. The lowest BCUT2D eigenvalue weighted by atomic mass is 10.0. The summed E-state index contributed by atoms with van der Waals surface area (Å²) in [7, 11) is 0. The summed E-state index contributed by atoms with van der Waals surface area (Å²) < 4.78 is 0. The lowest BCUT2D eigenvalue weighted by Crippen LogP contribution is -2.38. The van der Waals surface area contributed by atoms with Crippen molar-refractivity contribution in [3.05, 3.63) is 0 Å². The van der Waals surface area contributed by atoms with Crippen LogP contribution in [0.25, 0.3) is 0 Å². The van der Waals surface area contributed by atoms with Crippen LogP contribution in [-0.2, 0) is 4.79 Å². The second-order valence-corrected chi connectivity index (χ2v) is 5.11. The minimum atomic E-state index is 0.580. The molecular weight excluding hydrogens is 186 g/mol. The van der Waals surface area contributed by atoms with Crippen LogP contribution in [0.15, 0.2) is 0 Å². The summed E-state index contributed by atoms with van der Waals surface area (Å²) in [6.07, 6.45) is 11.2. The smallest absolute Gasteiger partial charge is 0.121 e. The highest BCUT2D eigenvalue weighted by atomic mass is 16.1. The van der Waals surface area contributed by atoms with Crippen LogP contribution in [-0.4, -0.2) is 29.3 Å². The molecule has 0 aromatic heterocycles. The molecule has 0 bridgehead atoms. The summed E-state index contributed by atoms with van der Waals surface area (Å²) in [5.41, 5.74) is 0. The first-order chi connectivity index (χ1) is 7.36. The van der Waals surface area contributed by atoms with Crippen LogP contribution in [0.1, 0.15) is 58.3 Å². The van der Waals surface area contributed by atoms with Crippen LogP contribution in [0.3, 0.4) is 0 Å². The van der Waals surface area contributed by atoms with E-state index in [1.807, 2.05) is 0 Å². The molecule has 2 saturated heterocycles. The number of aldehydes is 1. The van der Waals surface area contributed by atoms with Gasteiger partial charge in [0.25, 0.3) is 0 Å². The fourth-order valence-corrected chi connectivity index (χ4v) is 3.49. The third-order valence-corrected chi connectivity index (χ3v) is 4.19. The Morgan fingerprint density at radius 1 is 1.20 bits per heavy atom. The van der Waals surface area contributed by atoms with E-state index in [4.69, 9.17) is 0 Å². The molecule has 0 amide bonds. The zero-order valence-electron chi connectivity index (χ0n) is 9.82. The number of carbonyl (C=O) groups excluding carboxylic acids is 1. The Hall–Kier alpha value is -0.370. The number of carbonyl (C=O) groups is 1. The molecular formula is C13H23NO. The van der Waals surface area contributed by atoms with E-state index in [0.717, 1.165) is 24.8 Å². The van der Waals surface area contributed by atoms with Crippen molar-refractivity contribution in [3.63, 3.8) is 0 Å². The Balaban J connectivity index is 1.93. The molecule has 0 aromatic carbocycles. The van der Waals surface area contributed by atoms with E-state index in [1.165, 1.54) is 44.9 Å². The maximum Gasteiger partial charge on any atom is 0.121 e. The van der Waals surface area contributed by atoms with E-state index in [0.29, 0.717) is 6.04 Å². The Bertz CT molecular complexity index is 217. The molecule has 0 unspecified atom stereocenters. The second-order valence-electron chi connectivity index (χ2n) is 5.11. The number of nitrogens with zero attached hydrogens (tertiary/aromatic N) is 1. The summed E-state index contributed by atoms with van der Waals surface area (Å²) in [6, 6.07) is 2.19. The molecule has 2 fully saturated rings. The van der Waals surface area contributed by atoms with Gasteiger partial charge in [0.1, 0.15) is 6.29 Å². The van der Waals surface area contributed by atoms with Gasteiger partial charge in [-0.1, -0.05) is 19.8 Å². The molecule has 2 heteroatoms. The van der Waals surface area contributed by atoms with Gasteiger partial charge < -0.3 is 4.79 Å². The van der Waals surface area contributed by atoms with E-state index in [-0.39, 0.29) is 0 Å². The highest BCUT2D eigenvalue weighted by Crippen LogP contribution is 2.39. The minimum Gasteiger partial charge on any atom is -0.303 e. The molecule has 0 saturated carbocycles. The molecule has 3 atom stereocenters.